The molecule has 6 rings (SSSR count). The van der Waals surface area contributed by atoms with Crippen molar-refractivity contribution in [2.45, 2.75) is 38.6 Å². The predicted octanol–water partition coefficient (Wildman–Crippen LogP) is 4.66. The van der Waals surface area contributed by atoms with Crippen LogP contribution in [-0.4, -0.2) is 36.6 Å². The highest BCUT2D eigenvalue weighted by atomic mass is 19.1. The second kappa shape index (κ2) is 7.79. The molecule has 34 heavy (non-hydrogen) atoms. The molecule has 0 radical (unpaired) electrons. The molecule has 1 fully saturated rings. The Kier molecular flexibility index (Phi) is 4.72. The first kappa shape index (κ1) is 20.6. The number of rotatable bonds is 4. The molecule has 9 heteroatoms. The number of carbonyl (C=O) groups excluding carboxylic acids is 1. The van der Waals surface area contributed by atoms with Crippen LogP contribution in [0.5, 0.6) is 5.75 Å². The number of nitrogens with zero attached hydrogens (tertiary/aromatic N) is 5. The highest BCUT2D eigenvalue weighted by Gasteiger charge is 2.27. The van der Waals surface area contributed by atoms with Crippen molar-refractivity contribution in [2.24, 2.45) is 0 Å². The molecule has 3 aromatic heterocycles. The average molecular weight is 458 g/mol. The summed E-state index contributed by atoms with van der Waals surface area (Å²) in [6.07, 6.45) is 12.7. The van der Waals surface area contributed by atoms with Crippen LogP contribution in [-0.2, 0) is 0 Å². The lowest BCUT2D eigenvalue weighted by atomic mass is 10.1. The fourth-order valence-electron chi connectivity index (χ4n) is 4.38. The molecule has 172 valence electrons. The van der Waals surface area contributed by atoms with Gasteiger partial charge in [0.25, 0.3) is 5.91 Å². The van der Waals surface area contributed by atoms with E-state index in [9.17, 15) is 9.18 Å². The van der Waals surface area contributed by atoms with Crippen molar-refractivity contribution in [1.29, 1.82) is 0 Å². The van der Waals surface area contributed by atoms with Crippen molar-refractivity contribution >= 4 is 11.6 Å². The number of ether oxygens (including phenoxy) is 1. The highest BCUT2D eigenvalue weighted by Crippen LogP contribution is 2.40. The summed E-state index contributed by atoms with van der Waals surface area (Å²) in [5, 5.41) is 2.80. The van der Waals surface area contributed by atoms with Gasteiger partial charge in [-0.1, -0.05) is 0 Å². The number of nitrogens with one attached hydrogen (secondary N) is 1. The van der Waals surface area contributed by atoms with Crippen LogP contribution < -0.4 is 10.1 Å². The number of aryl methyl sites for hydroxylation is 1. The largest absolute Gasteiger partial charge is 0.488 e. The summed E-state index contributed by atoms with van der Waals surface area (Å²) in [4.78, 5) is 26.4. The van der Waals surface area contributed by atoms with Crippen molar-refractivity contribution in [3.05, 3.63) is 72.1 Å². The maximum absolute atomic E-state index is 14.9. The van der Waals surface area contributed by atoms with Gasteiger partial charge in [0, 0.05) is 30.7 Å². The Morgan fingerprint density at radius 1 is 1.24 bits per heavy atom. The molecule has 0 unspecified atom stereocenters. The van der Waals surface area contributed by atoms with Gasteiger partial charge < -0.3 is 19.2 Å². The van der Waals surface area contributed by atoms with Gasteiger partial charge in [-0.3, -0.25) is 9.78 Å². The number of fused-ring (bicyclic) bond motifs is 3. The van der Waals surface area contributed by atoms with Crippen molar-refractivity contribution < 1.29 is 13.9 Å². The quantitative estimate of drug-likeness (QED) is 0.481. The molecule has 1 N–H and O–H groups in total. The number of carbonyl (C=O) groups is 1. The minimum absolute atomic E-state index is 0.0567. The number of hydrogen-bond donors (Lipinski definition) is 1. The summed E-state index contributed by atoms with van der Waals surface area (Å²) in [5.74, 6) is 0.501. The molecule has 1 aliphatic carbocycles. The van der Waals surface area contributed by atoms with Gasteiger partial charge in [0.1, 0.15) is 23.9 Å². The molecule has 0 saturated heterocycles. The number of halogens is 1. The zero-order valence-corrected chi connectivity index (χ0v) is 18.8. The zero-order valence-electron chi connectivity index (χ0n) is 18.8. The first-order valence-corrected chi connectivity index (χ1v) is 11.3. The fraction of sp³-hybridized carbons (Fsp3) is 0.280. The maximum atomic E-state index is 14.9. The van der Waals surface area contributed by atoms with E-state index >= 15 is 0 Å². The van der Waals surface area contributed by atoms with Gasteiger partial charge in [0.05, 0.1) is 41.1 Å². The summed E-state index contributed by atoms with van der Waals surface area (Å²) in [6.45, 7) is 4.24. The number of aromatic nitrogens is 5. The summed E-state index contributed by atoms with van der Waals surface area (Å²) in [7, 11) is 0. The molecular formula is C25H23FN6O2. The lowest BCUT2D eigenvalue weighted by molar-refractivity contribution is 0.102. The highest BCUT2D eigenvalue weighted by molar-refractivity contribution is 6.06. The third-order valence-corrected chi connectivity index (χ3v) is 6.40. The van der Waals surface area contributed by atoms with Gasteiger partial charge in [0.15, 0.2) is 5.75 Å². The molecule has 4 heterocycles. The molecule has 0 bridgehead atoms. The number of hydrogen-bond acceptors (Lipinski definition) is 5. The van der Waals surface area contributed by atoms with E-state index in [-0.39, 0.29) is 11.6 Å². The van der Waals surface area contributed by atoms with Crippen molar-refractivity contribution in [3.63, 3.8) is 0 Å². The van der Waals surface area contributed by atoms with Gasteiger partial charge in [0.2, 0.25) is 0 Å². The van der Waals surface area contributed by atoms with Crippen LogP contribution >= 0.6 is 0 Å². The molecule has 1 saturated carbocycles. The minimum Gasteiger partial charge on any atom is -0.488 e. The number of benzene rings is 1. The van der Waals surface area contributed by atoms with E-state index in [1.54, 1.807) is 24.8 Å². The van der Waals surface area contributed by atoms with Gasteiger partial charge in [-0.2, -0.15) is 0 Å². The monoisotopic (exact) mass is 458 g/mol. The third-order valence-electron chi connectivity index (χ3n) is 6.40. The smallest absolute Gasteiger partial charge is 0.258 e. The van der Waals surface area contributed by atoms with Crippen LogP contribution in [0.1, 0.15) is 53.3 Å². The van der Waals surface area contributed by atoms with Crippen LogP contribution in [0.25, 0.3) is 17.1 Å². The first-order chi connectivity index (χ1) is 16.5. The minimum atomic E-state index is -0.596. The van der Waals surface area contributed by atoms with Crippen LogP contribution in [0.4, 0.5) is 10.1 Å². The number of pyridine rings is 1. The molecular weight excluding hydrogens is 435 g/mol. The Balaban J connectivity index is 1.34. The van der Waals surface area contributed by atoms with E-state index in [1.807, 2.05) is 35.4 Å². The fourth-order valence-corrected chi connectivity index (χ4v) is 4.38. The van der Waals surface area contributed by atoms with Crippen LogP contribution in [0.3, 0.4) is 0 Å². The molecule has 1 aromatic carbocycles. The van der Waals surface area contributed by atoms with Crippen molar-refractivity contribution in [3.8, 4) is 22.8 Å². The normalized spacial score (nSPS) is 16.9. The SMILES string of the molecule is Cc1cc(F)c(C(=O)Nc2cncc3c2OC[C@H](C)n2ccnc2-3)cc1-n1cnc(C2CC2)c1. The van der Waals surface area contributed by atoms with E-state index in [0.717, 1.165) is 18.5 Å². The standard InChI is InChI=1S/C25H23FN6O2/c1-14-7-19(26)17(8-22(14)31-11-21(29-13-31)16-3-4-16)25(33)30-20-10-27-9-18-23(20)34-12-15(2)32-6-5-28-24(18)32/h5-11,13,15-16H,3-4,12H2,1-2H3,(H,30,33)/t15-/m0/s1. The second-order valence-corrected chi connectivity index (χ2v) is 8.93. The van der Waals surface area contributed by atoms with Crippen LogP contribution in [0, 0.1) is 12.7 Å². The first-order valence-electron chi connectivity index (χ1n) is 11.3. The Hall–Kier alpha value is -4.01. The summed E-state index contributed by atoms with van der Waals surface area (Å²) in [5.41, 5.74) is 3.42. The van der Waals surface area contributed by atoms with Crippen molar-refractivity contribution in [2.75, 3.05) is 11.9 Å². The lowest BCUT2D eigenvalue weighted by Crippen LogP contribution is -2.16. The lowest BCUT2D eigenvalue weighted by Gasteiger charge is -2.15. The van der Waals surface area contributed by atoms with E-state index in [2.05, 4.69) is 20.3 Å². The van der Waals surface area contributed by atoms with Gasteiger partial charge in [-0.15, -0.1) is 0 Å². The van der Waals surface area contributed by atoms with E-state index in [4.69, 9.17) is 4.74 Å². The van der Waals surface area contributed by atoms with E-state index < -0.39 is 11.7 Å². The van der Waals surface area contributed by atoms with Crippen LogP contribution in [0.15, 0.2) is 49.4 Å². The molecule has 1 atom stereocenters. The molecule has 0 spiro atoms. The topological polar surface area (TPSA) is 86.9 Å². The summed E-state index contributed by atoms with van der Waals surface area (Å²) in [6, 6.07) is 2.99. The molecule has 1 amide bonds. The Morgan fingerprint density at radius 2 is 2.09 bits per heavy atom. The number of anilines is 1. The van der Waals surface area contributed by atoms with Crippen molar-refractivity contribution in [1.82, 2.24) is 24.1 Å². The van der Waals surface area contributed by atoms with E-state index in [0.29, 0.717) is 46.6 Å². The Labute approximate surface area is 195 Å². The second-order valence-electron chi connectivity index (χ2n) is 8.93. The Bertz CT molecular complexity index is 1420. The molecule has 1 aliphatic heterocycles. The number of imidazole rings is 2. The number of amides is 1. The molecule has 2 aliphatic rings. The molecule has 4 aromatic rings. The third kappa shape index (κ3) is 3.44. The predicted molar refractivity (Wildman–Crippen MR) is 124 cm³/mol. The van der Waals surface area contributed by atoms with Gasteiger partial charge in [-0.25, -0.2) is 14.4 Å². The van der Waals surface area contributed by atoms with Crippen LogP contribution in [0.2, 0.25) is 0 Å². The van der Waals surface area contributed by atoms with Gasteiger partial charge >= 0.3 is 0 Å². The summed E-state index contributed by atoms with van der Waals surface area (Å²) >= 11 is 0. The Morgan fingerprint density at radius 3 is 2.91 bits per heavy atom. The maximum Gasteiger partial charge on any atom is 0.258 e. The summed E-state index contributed by atoms with van der Waals surface area (Å²) < 4.78 is 24.8. The van der Waals surface area contributed by atoms with E-state index in [1.165, 1.54) is 12.3 Å². The molecule has 8 nitrogen and oxygen atoms in total. The van der Waals surface area contributed by atoms with Gasteiger partial charge in [-0.05, 0) is 44.4 Å². The average Bonchev–Trinajstić information content (AvgIpc) is 3.38. The zero-order chi connectivity index (χ0) is 23.4.